The number of benzene rings is 1. The van der Waals surface area contributed by atoms with Crippen molar-refractivity contribution in [1.29, 1.82) is 5.26 Å². The summed E-state index contributed by atoms with van der Waals surface area (Å²) in [5, 5.41) is 27.7. The first-order valence-corrected chi connectivity index (χ1v) is 12.7. The number of ether oxygens (including phenoxy) is 3. The van der Waals surface area contributed by atoms with Crippen LogP contribution in [0.1, 0.15) is 17.4 Å². The van der Waals surface area contributed by atoms with Gasteiger partial charge in [0.15, 0.2) is 5.82 Å². The number of hydrogen-bond donors (Lipinski definition) is 2. The second kappa shape index (κ2) is 11.1. The van der Waals surface area contributed by atoms with Gasteiger partial charge in [-0.1, -0.05) is 12.1 Å². The molecule has 13 nitrogen and oxygen atoms in total. The Balaban J connectivity index is 1.79. The molecule has 0 saturated carbocycles. The minimum atomic E-state index is -4.20. The number of hydrogen-bond acceptors (Lipinski definition) is 11. The molecule has 0 bridgehead atoms. The average Bonchev–Trinajstić information content (AvgIpc) is 3.34. The van der Waals surface area contributed by atoms with Crippen LogP contribution < -0.4 is 18.9 Å². The van der Waals surface area contributed by atoms with E-state index in [2.05, 4.69) is 24.9 Å². The summed E-state index contributed by atoms with van der Waals surface area (Å²) < 4.78 is 46.3. The molecule has 4 rings (SSSR count). The van der Waals surface area contributed by atoms with E-state index >= 15 is 0 Å². The van der Waals surface area contributed by atoms with Crippen LogP contribution in [0, 0.1) is 11.3 Å². The van der Waals surface area contributed by atoms with Gasteiger partial charge in [-0.2, -0.15) is 5.26 Å². The van der Waals surface area contributed by atoms with E-state index in [9.17, 15) is 13.5 Å². The molecular formula is C24H23N7O6S. The van der Waals surface area contributed by atoms with Crippen molar-refractivity contribution in [2.24, 2.45) is 0 Å². The van der Waals surface area contributed by atoms with Crippen molar-refractivity contribution in [1.82, 2.24) is 24.7 Å². The molecule has 38 heavy (non-hydrogen) atoms. The smallest absolute Gasteiger partial charge is 0.243 e. The summed E-state index contributed by atoms with van der Waals surface area (Å²) in [6.07, 6.45) is -0.228. The molecule has 0 unspecified atom stereocenters. The van der Waals surface area contributed by atoms with Crippen molar-refractivity contribution in [2.75, 3.05) is 31.8 Å². The Morgan fingerprint density at radius 1 is 1.03 bits per heavy atom. The molecule has 14 heteroatoms. The van der Waals surface area contributed by atoms with Crippen LogP contribution in [0.15, 0.2) is 54.7 Å². The van der Waals surface area contributed by atoms with E-state index in [1.807, 2.05) is 6.07 Å². The highest BCUT2D eigenvalue weighted by Gasteiger charge is 2.27. The van der Waals surface area contributed by atoms with Gasteiger partial charge in [-0.15, -0.1) is 10.2 Å². The number of aromatic nitrogens is 5. The number of sulfonamides is 1. The molecule has 4 aromatic rings. The second-order valence-electron chi connectivity index (χ2n) is 7.74. The van der Waals surface area contributed by atoms with Gasteiger partial charge in [0.1, 0.15) is 40.8 Å². The first-order valence-electron chi connectivity index (χ1n) is 11.0. The number of nitriles is 1. The monoisotopic (exact) mass is 537 g/mol. The van der Waals surface area contributed by atoms with Crippen LogP contribution in [0.2, 0.25) is 0 Å². The van der Waals surface area contributed by atoms with E-state index < -0.39 is 21.9 Å². The molecule has 1 aromatic carbocycles. The summed E-state index contributed by atoms with van der Waals surface area (Å²) in [6.45, 7) is 0. The highest BCUT2D eigenvalue weighted by atomic mass is 32.2. The maximum absolute atomic E-state index is 13.1. The Morgan fingerprint density at radius 3 is 2.34 bits per heavy atom. The Hall–Kier alpha value is -4.74. The van der Waals surface area contributed by atoms with Crippen molar-refractivity contribution in [3.63, 3.8) is 0 Å². The van der Waals surface area contributed by atoms with Crippen molar-refractivity contribution < 1.29 is 27.7 Å². The molecule has 0 aliphatic heterocycles. The first kappa shape index (κ1) is 26.3. The van der Waals surface area contributed by atoms with Gasteiger partial charge in [-0.3, -0.25) is 14.3 Å². The standard InChI is InChI=1S/C24H23N7O6S/c1-35-19-7-5-8-20(36-2)22(19)31-23(17-6-4-9-21(27-17)37-3)28-29-24(31)30-38(33,34)14-18(32)16-11-10-15(12-25)13-26-16/h4-11,13,18,32H,14H2,1-3H3,(H,29,30)/t18-/m1/s1. The van der Waals surface area contributed by atoms with E-state index in [0.29, 0.717) is 28.8 Å². The lowest BCUT2D eigenvalue weighted by Gasteiger charge is -2.18. The number of para-hydroxylation sites is 1. The van der Waals surface area contributed by atoms with E-state index in [4.69, 9.17) is 19.5 Å². The third-order valence-corrected chi connectivity index (χ3v) is 6.58. The quantitative estimate of drug-likeness (QED) is 0.303. The summed E-state index contributed by atoms with van der Waals surface area (Å²) in [4.78, 5) is 8.36. The van der Waals surface area contributed by atoms with Gasteiger partial charge in [-0.25, -0.2) is 13.4 Å². The van der Waals surface area contributed by atoms with Gasteiger partial charge in [0.05, 0.1) is 32.6 Å². The fourth-order valence-electron chi connectivity index (χ4n) is 3.58. The molecule has 0 radical (unpaired) electrons. The van der Waals surface area contributed by atoms with Gasteiger partial charge in [0.25, 0.3) is 0 Å². The maximum Gasteiger partial charge on any atom is 0.243 e. The molecule has 0 fully saturated rings. The summed E-state index contributed by atoms with van der Waals surface area (Å²) >= 11 is 0. The Kier molecular flexibility index (Phi) is 7.70. The fraction of sp³-hybridized carbons (Fsp3) is 0.208. The van der Waals surface area contributed by atoms with Gasteiger partial charge in [-0.05, 0) is 30.3 Å². The molecule has 1 atom stereocenters. The number of nitrogens with one attached hydrogen (secondary N) is 1. The van der Waals surface area contributed by atoms with E-state index in [1.54, 1.807) is 36.4 Å². The van der Waals surface area contributed by atoms with Gasteiger partial charge in [0.2, 0.25) is 21.9 Å². The number of anilines is 1. The number of pyridine rings is 2. The number of aliphatic hydroxyl groups is 1. The van der Waals surface area contributed by atoms with Crippen molar-refractivity contribution in [3.8, 4) is 40.7 Å². The summed E-state index contributed by atoms with van der Waals surface area (Å²) in [5.74, 6) is 0.218. The molecule has 3 heterocycles. The van der Waals surface area contributed by atoms with Crippen LogP contribution in [0.3, 0.4) is 0 Å². The zero-order chi connectivity index (χ0) is 27.3. The predicted molar refractivity (Wildman–Crippen MR) is 136 cm³/mol. The normalized spacial score (nSPS) is 11.9. The SMILES string of the molecule is COc1cccc(-c2nnc(NS(=O)(=O)C[C@@H](O)c3ccc(C#N)cn3)n2-c2c(OC)cccc2OC)n1. The molecule has 2 N–H and O–H groups in total. The Labute approximate surface area is 218 Å². The predicted octanol–water partition coefficient (Wildman–Crippen LogP) is 2.10. The number of nitrogens with zero attached hydrogens (tertiary/aromatic N) is 6. The Bertz CT molecular complexity index is 1560. The molecule has 0 aliphatic carbocycles. The van der Waals surface area contributed by atoms with Gasteiger partial charge < -0.3 is 19.3 Å². The van der Waals surface area contributed by atoms with Crippen LogP contribution >= 0.6 is 0 Å². The first-order chi connectivity index (χ1) is 18.3. The summed E-state index contributed by atoms with van der Waals surface area (Å²) in [7, 11) is 0.172. The maximum atomic E-state index is 13.1. The molecular weight excluding hydrogens is 514 g/mol. The lowest BCUT2D eigenvalue weighted by Crippen LogP contribution is -2.24. The highest BCUT2D eigenvalue weighted by Crippen LogP contribution is 2.37. The molecule has 0 amide bonds. The van der Waals surface area contributed by atoms with Gasteiger partial charge in [0, 0.05) is 12.3 Å². The van der Waals surface area contributed by atoms with Crippen LogP contribution in [-0.2, 0) is 10.0 Å². The van der Waals surface area contributed by atoms with E-state index in [0.717, 1.165) is 0 Å². The van der Waals surface area contributed by atoms with Crippen LogP contribution in [-0.4, -0.2) is 65.3 Å². The third kappa shape index (κ3) is 5.48. The van der Waals surface area contributed by atoms with E-state index in [1.165, 1.54) is 44.2 Å². The Morgan fingerprint density at radius 2 is 1.74 bits per heavy atom. The van der Waals surface area contributed by atoms with Crippen LogP contribution in [0.25, 0.3) is 17.2 Å². The summed E-state index contributed by atoms with van der Waals surface area (Å²) in [5.41, 5.74) is 1.01. The van der Waals surface area contributed by atoms with Crippen molar-refractivity contribution in [2.45, 2.75) is 6.10 Å². The lowest BCUT2D eigenvalue weighted by molar-refractivity contribution is 0.197. The van der Waals surface area contributed by atoms with Crippen LogP contribution in [0.4, 0.5) is 5.95 Å². The van der Waals surface area contributed by atoms with Crippen LogP contribution in [0.5, 0.6) is 17.4 Å². The van der Waals surface area contributed by atoms with Gasteiger partial charge >= 0.3 is 0 Å². The second-order valence-corrected chi connectivity index (χ2v) is 9.51. The highest BCUT2D eigenvalue weighted by molar-refractivity contribution is 7.92. The lowest BCUT2D eigenvalue weighted by atomic mass is 10.2. The minimum Gasteiger partial charge on any atom is -0.494 e. The molecule has 3 aromatic heterocycles. The molecule has 196 valence electrons. The zero-order valence-electron chi connectivity index (χ0n) is 20.6. The minimum absolute atomic E-state index is 0.0866. The largest absolute Gasteiger partial charge is 0.494 e. The molecule has 0 spiro atoms. The van der Waals surface area contributed by atoms with Crippen molar-refractivity contribution >= 4 is 16.0 Å². The summed E-state index contributed by atoms with van der Waals surface area (Å²) in [6, 6.07) is 14.8. The zero-order valence-corrected chi connectivity index (χ0v) is 21.4. The topological polar surface area (TPSA) is 174 Å². The molecule has 0 aliphatic rings. The number of methoxy groups -OCH3 is 3. The third-order valence-electron chi connectivity index (χ3n) is 5.33. The van der Waals surface area contributed by atoms with Crippen molar-refractivity contribution in [3.05, 3.63) is 66.0 Å². The molecule has 0 saturated heterocycles. The number of aliphatic hydroxyl groups excluding tert-OH is 1. The number of rotatable bonds is 10. The fourth-order valence-corrected chi connectivity index (χ4v) is 4.66. The average molecular weight is 538 g/mol. The van der Waals surface area contributed by atoms with E-state index in [-0.39, 0.29) is 23.0 Å².